The summed E-state index contributed by atoms with van der Waals surface area (Å²) < 4.78 is 0. The Morgan fingerprint density at radius 1 is 1.10 bits per heavy atom. The van der Waals surface area contributed by atoms with E-state index in [1.54, 1.807) is 12.3 Å². The summed E-state index contributed by atoms with van der Waals surface area (Å²) in [7, 11) is 2.07. The van der Waals surface area contributed by atoms with Crippen molar-refractivity contribution in [3.05, 3.63) is 35.0 Å². The van der Waals surface area contributed by atoms with E-state index in [0.717, 1.165) is 37.1 Å². The van der Waals surface area contributed by atoms with E-state index in [4.69, 9.17) is 11.6 Å². The predicted octanol–water partition coefficient (Wildman–Crippen LogP) is 1.34. The lowest BCUT2D eigenvalue weighted by Crippen LogP contribution is -2.54. The van der Waals surface area contributed by atoms with Crippen molar-refractivity contribution in [1.82, 2.24) is 24.6 Å². The van der Waals surface area contributed by atoms with Crippen LogP contribution in [0.1, 0.15) is 11.6 Å². The number of aromatic amines is 1. The number of benzene rings is 1. The molecule has 0 unspecified atom stereocenters. The van der Waals surface area contributed by atoms with Crippen molar-refractivity contribution in [2.45, 2.75) is 6.04 Å². The molecule has 0 saturated carbocycles. The highest BCUT2D eigenvalue weighted by molar-refractivity contribution is 6.35. The summed E-state index contributed by atoms with van der Waals surface area (Å²) in [6, 6.07) is 4.75. The standard InChI is InChI=1S/C21H28ClN5O3/c1-24-5-9-26(10-6-24)18(28)14-25-7-11-27(12-8-25)20(21(29)30)15-13-23-17-4-2-3-16(22)19(15)17/h2-4,13,20,23H,5-12,14H2,1H3,(H,29,30)/t20-/m1/s1. The molecule has 1 amide bonds. The van der Waals surface area contributed by atoms with Crippen LogP contribution in [0.15, 0.2) is 24.4 Å². The van der Waals surface area contributed by atoms with Gasteiger partial charge in [0.15, 0.2) is 0 Å². The van der Waals surface area contributed by atoms with Crippen LogP contribution in [0.3, 0.4) is 0 Å². The van der Waals surface area contributed by atoms with Crippen LogP contribution in [-0.4, -0.2) is 108 Å². The van der Waals surface area contributed by atoms with Gasteiger partial charge in [-0.25, -0.2) is 0 Å². The van der Waals surface area contributed by atoms with Gasteiger partial charge in [0.25, 0.3) is 0 Å². The second-order valence-electron chi connectivity index (χ2n) is 8.14. The number of likely N-dealkylation sites (N-methyl/N-ethyl adjacent to an activating group) is 1. The van der Waals surface area contributed by atoms with E-state index in [1.807, 2.05) is 21.9 Å². The number of hydrogen-bond donors (Lipinski definition) is 2. The number of carbonyl (C=O) groups excluding carboxylic acids is 1. The fourth-order valence-corrected chi connectivity index (χ4v) is 4.68. The van der Waals surface area contributed by atoms with Crippen LogP contribution in [0.5, 0.6) is 0 Å². The van der Waals surface area contributed by atoms with Crippen molar-refractivity contribution in [2.75, 3.05) is 66.0 Å². The number of carbonyl (C=O) groups is 2. The molecule has 2 aromatic rings. The van der Waals surface area contributed by atoms with Gasteiger partial charge in [0.2, 0.25) is 5.91 Å². The number of nitrogens with zero attached hydrogens (tertiary/aromatic N) is 4. The van der Waals surface area contributed by atoms with Gasteiger partial charge in [-0.2, -0.15) is 0 Å². The summed E-state index contributed by atoms with van der Waals surface area (Å²) >= 11 is 6.37. The first-order valence-corrected chi connectivity index (χ1v) is 10.7. The molecule has 1 aromatic heterocycles. The van der Waals surface area contributed by atoms with Crippen molar-refractivity contribution < 1.29 is 14.7 Å². The van der Waals surface area contributed by atoms with E-state index in [9.17, 15) is 14.7 Å². The molecule has 2 saturated heterocycles. The lowest BCUT2D eigenvalue weighted by atomic mass is 10.0. The predicted molar refractivity (Wildman–Crippen MR) is 116 cm³/mol. The van der Waals surface area contributed by atoms with E-state index in [1.165, 1.54) is 0 Å². The normalized spacial score (nSPS) is 20.5. The Labute approximate surface area is 181 Å². The number of carboxylic acids is 1. The minimum absolute atomic E-state index is 0.162. The molecule has 162 valence electrons. The molecule has 3 heterocycles. The third-order valence-electron chi connectivity index (χ3n) is 6.20. The minimum Gasteiger partial charge on any atom is -0.480 e. The lowest BCUT2D eigenvalue weighted by Gasteiger charge is -2.39. The maximum absolute atomic E-state index is 12.6. The van der Waals surface area contributed by atoms with Crippen LogP contribution in [0, 0.1) is 0 Å². The van der Waals surface area contributed by atoms with Gasteiger partial charge < -0.3 is 19.9 Å². The molecule has 30 heavy (non-hydrogen) atoms. The van der Waals surface area contributed by atoms with Gasteiger partial charge in [-0.1, -0.05) is 17.7 Å². The van der Waals surface area contributed by atoms with E-state index < -0.39 is 12.0 Å². The summed E-state index contributed by atoms with van der Waals surface area (Å²) in [5.41, 5.74) is 1.52. The van der Waals surface area contributed by atoms with Gasteiger partial charge in [0.1, 0.15) is 6.04 Å². The minimum atomic E-state index is -0.891. The van der Waals surface area contributed by atoms with Crippen molar-refractivity contribution in [2.24, 2.45) is 0 Å². The summed E-state index contributed by atoms with van der Waals surface area (Å²) in [6.07, 6.45) is 1.75. The molecular formula is C21H28ClN5O3. The number of amides is 1. The number of fused-ring (bicyclic) bond motifs is 1. The van der Waals surface area contributed by atoms with E-state index in [0.29, 0.717) is 43.3 Å². The largest absolute Gasteiger partial charge is 0.480 e. The molecule has 1 atom stereocenters. The number of halogens is 1. The Morgan fingerprint density at radius 2 is 1.80 bits per heavy atom. The van der Waals surface area contributed by atoms with Crippen LogP contribution >= 0.6 is 11.6 Å². The highest BCUT2D eigenvalue weighted by Gasteiger charge is 2.33. The Hall–Kier alpha value is -2.13. The molecule has 0 bridgehead atoms. The molecule has 0 radical (unpaired) electrons. The van der Waals surface area contributed by atoms with Gasteiger partial charge in [0.05, 0.1) is 11.6 Å². The Kier molecular flexibility index (Phi) is 6.29. The Morgan fingerprint density at radius 3 is 2.47 bits per heavy atom. The quantitative estimate of drug-likeness (QED) is 0.740. The number of rotatable bonds is 5. The maximum atomic E-state index is 12.6. The SMILES string of the molecule is CN1CCN(C(=O)CN2CCN([C@@H](C(=O)O)c3c[nH]c4cccc(Cl)c34)CC2)CC1. The fraction of sp³-hybridized carbons (Fsp3) is 0.524. The van der Waals surface area contributed by atoms with E-state index in [2.05, 4.69) is 21.8 Å². The molecule has 2 aliphatic heterocycles. The highest BCUT2D eigenvalue weighted by Crippen LogP contribution is 2.33. The zero-order valence-electron chi connectivity index (χ0n) is 17.2. The smallest absolute Gasteiger partial charge is 0.325 e. The fourth-order valence-electron chi connectivity index (χ4n) is 4.39. The number of piperazine rings is 2. The number of aliphatic carboxylic acids is 1. The lowest BCUT2D eigenvalue weighted by molar-refractivity contribution is -0.145. The maximum Gasteiger partial charge on any atom is 0.325 e. The number of hydrogen-bond acceptors (Lipinski definition) is 5. The van der Waals surface area contributed by atoms with Crippen molar-refractivity contribution in [1.29, 1.82) is 0 Å². The molecule has 0 spiro atoms. The van der Waals surface area contributed by atoms with Crippen LogP contribution in [0.25, 0.3) is 10.9 Å². The van der Waals surface area contributed by atoms with E-state index >= 15 is 0 Å². The molecule has 2 fully saturated rings. The van der Waals surface area contributed by atoms with Gasteiger partial charge >= 0.3 is 5.97 Å². The molecule has 8 nitrogen and oxygen atoms in total. The van der Waals surface area contributed by atoms with Gasteiger partial charge in [0, 0.05) is 75.0 Å². The topological polar surface area (TPSA) is 83.1 Å². The summed E-state index contributed by atoms with van der Waals surface area (Å²) in [5.74, 6) is -0.729. The molecule has 2 N–H and O–H groups in total. The van der Waals surface area contributed by atoms with E-state index in [-0.39, 0.29) is 5.91 Å². The van der Waals surface area contributed by atoms with Crippen LogP contribution < -0.4 is 0 Å². The first kappa shape index (κ1) is 21.1. The number of nitrogens with one attached hydrogen (secondary N) is 1. The van der Waals surface area contributed by atoms with Gasteiger partial charge in [-0.05, 0) is 19.2 Å². The van der Waals surface area contributed by atoms with Crippen LogP contribution in [0.2, 0.25) is 5.02 Å². The summed E-state index contributed by atoms with van der Waals surface area (Å²) in [4.78, 5) is 36.2. The third kappa shape index (κ3) is 4.32. The molecule has 0 aliphatic carbocycles. The highest BCUT2D eigenvalue weighted by atomic mass is 35.5. The van der Waals surface area contributed by atoms with Gasteiger partial charge in [-0.3, -0.25) is 19.4 Å². The Bertz CT molecular complexity index is 917. The number of carboxylic acid groups (broad SMARTS) is 1. The first-order valence-electron chi connectivity index (χ1n) is 10.3. The zero-order valence-corrected chi connectivity index (χ0v) is 17.9. The second-order valence-corrected chi connectivity index (χ2v) is 8.55. The van der Waals surface area contributed by atoms with Gasteiger partial charge in [-0.15, -0.1) is 0 Å². The van der Waals surface area contributed by atoms with Crippen molar-refractivity contribution in [3.8, 4) is 0 Å². The second kappa shape index (κ2) is 8.93. The number of H-pyrrole nitrogens is 1. The molecule has 1 aromatic carbocycles. The zero-order chi connectivity index (χ0) is 21.3. The van der Waals surface area contributed by atoms with Crippen LogP contribution in [0.4, 0.5) is 0 Å². The average molecular weight is 434 g/mol. The third-order valence-corrected chi connectivity index (χ3v) is 6.52. The molecule has 2 aliphatic rings. The first-order chi connectivity index (χ1) is 14.4. The summed E-state index contributed by atoms with van der Waals surface area (Å²) in [6.45, 7) is 6.27. The number of aromatic nitrogens is 1. The van der Waals surface area contributed by atoms with Crippen LogP contribution in [-0.2, 0) is 9.59 Å². The summed E-state index contributed by atoms with van der Waals surface area (Å²) in [5, 5.41) is 11.3. The average Bonchev–Trinajstić information content (AvgIpc) is 3.15. The molecular weight excluding hydrogens is 406 g/mol. The van der Waals surface area contributed by atoms with Crippen molar-refractivity contribution in [3.63, 3.8) is 0 Å². The monoisotopic (exact) mass is 433 g/mol. The van der Waals surface area contributed by atoms with Crippen molar-refractivity contribution >= 4 is 34.4 Å². The molecule has 9 heteroatoms. The molecule has 4 rings (SSSR count). The Balaban J connectivity index is 1.40.